The molecule has 1 saturated heterocycles. The third-order valence-corrected chi connectivity index (χ3v) is 4.97. The zero-order chi connectivity index (χ0) is 19.9. The van der Waals surface area contributed by atoms with Crippen molar-refractivity contribution in [3.8, 4) is 0 Å². The van der Waals surface area contributed by atoms with Crippen LogP contribution in [0.1, 0.15) is 42.3 Å². The van der Waals surface area contributed by atoms with Crippen LogP contribution in [0.5, 0.6) is 0 Å². The molecule has 3 rings (SSSR count). The van der Waals surface area contributed by atoms with Crippen molar-refractivity contribution in [1.82, 2.24) is 9.88 Å². The molecule has 0 N–H and O–H groups in total. The number of likely N-dealkylation sites (tertiary alicyclic amines) is 1. The number of rotatable bonds is 7. The fraction of sp³-hybridized carbons (Fsp3) is 0.333. The first-order valence-corrected chi connectivity index (χ1v) is 9.92. The van der Waals surface area contributed by atoms with E-state index in [4.69, 9.17) is 9.72 Å². The molecular formula is C24H28N2O2. The highest BCUT2D eigenvalue weighted by molar-refractivity contribution is 6.15. The van der Waals surface area contributed by atoms with E-state index in [9.17, 15) is 4.79 Å². The molecular weight excluding hydrogens is 348 g/mol. The Hall–Kier alpha value is -2.72. The molecule has 4 nitrogen and oxygen atoms in total. The molecule has 4 heteroatoms. The molecule has 0 bridgehead atoms. The summed E-state index contributed by atoms with van der Waals surface area (Å²) in [6, 6.07) is 14.2. The summed E-state index contributed by atoms with van der Waals surface area (Å²) in [4.78, 5) is 19.2. The summed E-state index contributed by atoms with van der Waals surface area (Å²) in [5.41, 5.74) is 5.09. The highest BCUT2D eigenvalue weighted by atomic mass is 16.5. The van der Waals surface area contributed by atoms with Crippen molar-refractivity contribution in [2.24, 2.45) is 0 Å². The van der Waals surface area contributed by atoms with E-state index in [0.29, 0.717) is 12.3 Å². The Labute approximate surface area is 167 Å². The van der Waals surface area contributed by atoms with Crippen molar-refractivity contribution in [1.29, 1.82) is 0 Å². The van der Waals surface area contributed by atoms with Crippen LogP contribution in [-0.2, 0) is 9.53 Å². The molecule has 1 aromatic carbocycles. The number of aryl methyl sites for hydroxylation is 1. The van der Waals surface area contributed by atoms with Crippen LogP contribution in [0, 0.1) is 6.92 Å². The summed E-state index contributed by atoms with van der Waals surface area (Å²) < 4.78 is 5.07. The molecule has 0 spiro atoms. The lowest BCUT2D eigenvalue weighted by atomic mass is 9.99. The molecule has 1 aliphatic rings. The molecule has 0 amide bonds. The number of benzene rings is 1. The summed E-state index contributed by atoms with van der Waals surface area (Å²) in [6.07, 6.45) is 4.77. The number of carbonyl (C=O) groups is 1. The van der Waals surface area contributed by atoms with Crippen LogP contribution in [0.4, 0.5) is 0 Å². The summed E-state index contributed by atoms with van der Waals surface area (Å²) in [7, 11) is 0. The first kappa shape index (κ1) is 20.0. The van der Waals surface area contributed by atoms with Gasteiger partial charge in [-0.25, -0.2) is 9.78 Å². The molecule has 0 radical (unpaired) electrons. The van der Waals surface area contributed by atoms with E-state index in [-0.39, 0.29) is 5.57 Å². The van der Waals surface area contributed by atoms with Crippen LogP contribution < -0.4 is 0 Å². The van der Waals surface area contributed by atoms with Crippen molar-refractivity contribution < 1.29 is 9.53 Å². The quantitative estimate of drug-likeness (QED) is 0.527. The van der Waals surface area contributed by atoms with Crippen LogP contribution >= 0.6 is 0 Å². The zero-order valence-corrected chi connectivity index (χ0v) is 16.8. The average molecular weight is 377 g/mol. The molecule has 28 heavy (non-hydrogen) atoms. The van der Waals surface area contributed by atoms with Crippen LogP contribution in [0.25, 0.3) is 11.1 Å². The lowest BCUT2D eigenvalue weighted by Crippen LogP contribution is -2.19. The minimum Gasteiger partial charge on any atom is -0.462 e. The van der Waals surface area contributed by atoms with Crippen LogP contribution in [0.2, 0.25) is 0 Å². The van der Waals surface area contributed by atoms with E-state index >= 15 is 0 Å². The number of hydrogen-bond acceptors (Lipinski definition) is 4. The van der Waals surface area contributed by atoms with Crippen molar-refractivity contribution in [2.45, 2.75) is 26.7 Å². The van der Waals surface area contributed by atoms with E-state index in [1.807, 2.05) is 12.1 Å². The fourth-order valence-electron chi connectivity index (χ4n) is 3.36. The summed E-state index contributed by atoms with van der Waals surface area (Å²) in [5, 5.41) is 0. The maximum Gasteiger partial charge on any atom is 0.339 e. The van der Waals surface area contributed by atoms with E-state index in [1.54, 1.807) is 13.0 Å². The second kappa shape index (κ2) is 9.47. The molecule has 1 aromatic heterocycles. The predicted molar refractivity (Wildman–Crippen MR) is 114 cm³/mol. The average Bonchev–Trinajstić information content (AvgIpc) is 3.23. The van der Waals surface area contributed by atoms with E-state index in [1.165, 1.54) is 18.4 Å². The summed E-state index contributed by atoms with van der Waals surface area (Å²) in [5.74, 6) is -0.426. The van der Waals surface area contributed by atoms with Crippen LogP contribution in [0.3, 0.4) is 0 Å². The molecule has 0 saturated carbocycles. The Balaban J connectivity index is 1.94. The lowest BCUT2D eigenvalue weighted by Gasteiger charge is -2.15. The Bertz CT molecular complexity index is 862. The third kappa shape index (κ3) is 4.96. The molecule has 2 heterocycles. The van der Waals surface area contributed by atoms with Gasteiger partial charge in [-0.3, -0.25) is 4.90 Å². The van der Waals surface area contributed by atoms with Gasteiger partial charge in [-0.1, -0.05) is 48.6 Å². The van der Waals surface area contributed by atoms with Crippen LogP contribution in [0.15, 0.2) is 55.1 Å². The number of aromatic nitrogens is 1. The van der Waals surface area contributed by atoms with Crippen molar-refractivity contribution in [3.63, 3.8) is 0 Å². The maximum atomic E-state index is 12.0. The largest absolute Gasteiger partial charge is 0.462 e. The molecule has 146 valence electrons. The number of nitrogens with zero attached hydrogens (tertiary/aromatic N) is 2. The number of hydrogen-bond donors (Lipinski definition) is 0. The number of carbonyl (C=O) groups excluding carboxylic acids is 1. The SMILES string of the molecule is C=C(C(=O)OCC)c1cccc(/C(=C/CN2CCCC2)c2ccc(C)cc2)n1. The Morgan fingerprint density at radius 2 is 1.82 bits per heavy atom. The van der Waals surface area contributed by atoms with E-state index in [2.05, 4.69) is 48.7 Å². The van der Waals surface area contributed by atoms with E-state index in [0.717, 1.165) is 36.5 Å². The van der Waals surface area contributed by atoms with Gasteiger partial charge >= 0.3 is 5.97 Å². The second-order valence-electron chi connectivity index (χ2n) is 7.10. The molecule has 2 aromatic rings. The van der Waals surface area contributed by atoms with Crippen LogP contribution in [-0.4, -0.2) is 42.1 Å². The summed E-state index contributed by atoms with van der Waals surface area (Å²) in [6.45, 7) is 11.2. The Morgan fingerprint density at radius 3 is 2.50 bits per heavy atom. The van der Waals surface area contributed by atoms with Gasteiger partial charge in [-0.15, -0.1) is 0 Å². The van der Waals surface area contributed by atoms with Crippen molar-refractivity contribution in [3.05, 3.63) is 77.6 Å². The molecule has 0 aliphatic carbocycles. The lowest BCUT2D eigenvalue weighted by molar-refractivity contribution is -0.136. The van der Waals surface area contributed by atoms with Crippen molar-refractivity contribution in [2.75, 3.05) is 26.2 Å². The minimum atomic E-state index is -0.426. The first-order chi connectivity index (χ1) is 13.6. The number of pyridine rings is 1. The predicted octanol–water partition coefficient (Wildman–Crippen LogP) is 4.49. The minimum absolute atomic E-state index is 0.284. The molecule has 1 aliphatic heterocycles. The third-order valence-electron chi connectivity index (χ3n) is 4.97. The topological polar surface area (TPSA) is 42.4 Å². The van der Waals surface area contributed by atoms with Gasteiger partial charge in [-0.05, 0) is 57.5 Å². The number of ether oxygens (including phenoxy) is 1. The maximum absolute atomic E-state index is 12.0. The van der Waals surface area contributed by atoms with Gasteiger partial charge in [0.05, 0.1) is 23.6 Å². The Morgan fingerprint density at radius 1 is 1.14 bits per heavy atom. The first-order valence-electron chi connectivity index (χ1n) is 9.92. The monoisotopic (exact) mass is 376 g/mol. The van der Waals surface area contributed by atoms with Gasteiger partial charge in [0.2, 0.25) is 0 Å². The van der Waals surface area contributed by atoms with Gasteiger partial charge in [0.1, 0.15) is 0 Å². The zero-order valence-electron chi connectivity index (χ0n) is 16.8. The molecule has 1 fully saturated rings. The summed E-state index contributed by atoms with van der Waals surface area (Å²) >= 11 is 0. The fourth-order valence-corrected chi connectivity index (χ4v) is 3.36. The standard InChI is InChI=1S/C24H28N2O2/c1-4-28-24(27)19(3)22-8-7-9-23(25-22)21(14-17-26-15-5-6-16-26)20-12-10-18(2)11-13-20/h7-14H,3-6,15-17H2,1-2H3/b21-14+. The van der Waals surface area contributed by atoms with E-state index < -0.39 is 5.97 Å². The van der Waals surface area contributed by atoms with Gasteiger partial charge in [0, 0.05) is 12.1 Å². The normalized spacial score (nSPS) is 14.9. The number of esters is 1. The molecule has 0 unspecified atom stereocenters. The molecule has 0 atom stereocenters. The van der Waals surface area contributed by atoms with Gasteiger partial charge in [-0.2, -0.15) is 0 Å². The Kier molecular flexibility index (Phi) is 6.77. The smallest absolute Gasteiger partial charge is 0.339 e. The van der Waals surface area contributed by atoms with Crippen molar-refractivity contribution >= 4 is 17.1 Å². The van der Waals surface area contributed by atoms with Gasteiger partial charge in [0.25, 0.3) is 0 Å². The van der Waals surface area contributed by atoms with Gasteiger partial charge in [0.15, 0.2) is 0 Å². The highest BCUT2D eigenvalue weighted by Crippen LogP contribution is 2.24. The highest BCUT2D eigenvalue weighted by Gasteiger charge is 2.15. The van der Waals surface area contributed by atoms with Gasteiger partial charge < -0.3 is 4.74 Å². The second-order valence-corrected chi connectivity index (χ2v) is 7.10.